The Morgan fingerprint density at radius 1 is 1.31 bits per heavy atom. The van der Waals surface area contributed by atoms with E-state index in [0.29, 0.717) is 36.8 Å². The molecule has 1 atom stereocenters. The number of anilines is 2. The van der Waals surface area contributed by atoms with Gasteiger partial charge >= 0.3 is 0 Å². The quantitative estimate of drug-likeness (QED) is 0.456. The second-order valence-corrected chi connectivity index (χ2v) is 7.72. The number of carbonyl (C=O) groups excluding carboxylic acids is 1. The van der Waals surface area contributed by atoms with Gasteiger partial charge < -0.3 is 16.0 Å². The molecule has 0 unspecified atom stereocenters. The highest BCUT2D eigenvalue weighted by Crippen LogP contribution is 2.31. The molecule has 3 N–H and O–H groups in total. The fraction of sp³-hybridized carbons (Fsp3) is 0.261. The number of nitrogens with one attached hydrogen (secondary N) is 1. The van der Waals surface area contributed by atoms with Crippen LogP contribution in [0.5, 0.6) is 0 Å². The van der Waals surface area contributed by atoms with E-state index in [1.165, 1.54) is 6.33 Å². The summed E-state index contributed by atoms with van der Waals surface area (Å²) in [6, 6.07) is 11.9. The average Bonchev–Trinajstić information content (AvgIpc) is 3.26. The van der Waals surface area contributed by atoms with Crippen LogP contribution in [0.2, 0.25) is 0 Å². The summed E-state index contributed by atoms with van der Waals surface area (Å²) in [6.45, 7) is 5.23. The number of nitriles is 1. The van der Waals surface area contributed by atoms with Crippen LogP contribution >= 0.6 is 0 Å². The highest BCUT2D eigenvalue weighted by atomic mass is 16.2. The van der Waals surface area contributed by atoms with Gasteiger partial charge in [-0.1, -0.05) is 36.9 Å². The fourth-order valence-corrected chi connectivity index (χ4v) is 3.85. The number of carbonyl (C=O) groups is 1. The van der Waals surface area contributed by atoms with Crippen molar-refractivity contribution in [1.29, 1.82) is 5.26 Å². The maximum absolute atomic E-state index is 12.3. The van der Waals surface area contributed by atoms with E-state index in [1.54, 1.807) is 11.1 Å². The molecule has 1 aliphatic heterocycles. The van der Waals surface area contributed by atoms with Crippen molar-refractivity contribution in [3.8, 4) is 17.2 Å². The van der Waals surface area contributed by atoms with Gasteiger partial charge in [-0.25, -0.2) is 9.97 Å². The molecule has 162 valence electrons. The molecule has 1 saturated heterocycles. The van der Waals surface area contributed by atoms with Crippen LogP contribution in [-0.2, 0) is 11.3 Å². The number of nitrogens with zero attached hydrogens (tertiary/aromatic N) is 6. The summed E-state index contributed by atoms with van der Waals surface area (Å²) in [5, 5.41) is 16.9. The third-order valence-electron chi connectivity index (χ3n) is 5.43. The van der Waals surface area contributed by atoms with Gasteiger partial charge in [0.1, 0.15) is 29.6 Å². The summed E-state index contributed by atoms with van der Waals surface area (Å²) in [6.07, 6.45) is 6.75. The van der Waals surface area contributed by atoms with E-state index in [0.717, 1.165) is 24.0 Å². The Morgan fingerprint density at radius 3 is 2.91 bits per heavy atom. The first kappa shape index (κ1) is 21.1. The van der Waals surface area contributed by atoms with Crippen molar-refractivity contribution in [3.63, 3.8) is 0 Å². The predicted octanol–water partition coefficient (Wildman–Crippen LogP) is 2.45. The molecule has 1 aromatic carbocycles. The third kappa shape index (κ3) is 4.59. The fourth-order valence-electron chi connectivity index (χ4n) is 3.85. The topological polar surface area (TPSA) is 126 Å². The van der Waals surface area contributed by atoms with Gasteiger partial charge in [-0.15, -0.1) is 0 Å². The summed E-state index contributed by atoms with van der Waals surface area (Å²) in [5.74, 6) is 0.613. The van der Waals surface area contributed by atoms with Gasteiger partial charge in [-0.3, -0.25) is 9.48 Å². The van der Waals surface area contributed by atoms with Crippen LogP contribution in [0.3, 0.4) is 0 Å². The third-order valence-corrected chi connectivity index (χ3v) is 5.43. The predicted molar refractivity (Wildman–Crippen MR) is 121 cm³/mol. The Hall–Kier alpha value is -4.19. The van der Waals surface area contributed by atoms with Crippen molar-refractivity contribution < 1.29 is 4.79 Å². The Balaban J connectivity index is 1.53. The molecule has 0 bridgehead atoms. The van der Waals surface area contributed by atoms with Gasteiger partial charge in [0.2, 0.25) is 0 Å². The van der Waals surface area contributed by atoms with Gasteiger partial charge in [0.25, 0.3) is 5.91 Å². The Morgan fingerprint density at radius 2 is 2.12 bits per heavy atom. The van der Waals surface area contributed by atoms with E-state index >= 15 is 0 Å². The summed E-state index contributed by atoms with van der Waals surface area (Å²) in [4.78, 5) is 22.6. The lowest BCUT2D eigenvalue weighted by molar-refractivity contribution is -0.127. The number of hydrogen-bond donors (Lipinski definition) is 2. The molecular weight excluding hydrogens is 404 g/mol. The Labute approximate surface area is 186 Å². The molecule has 9 nitrogen and oxygen atoms in total. The van der Waals surface area contributed by atoms with Crippen LogP contribution in [0.15, 0.2) is 61.2 Å². The molecule has 0 saturated carbocycles. The molecule has 1 aliphatic rings. The number of nitrogen functional groups attached to an aromatic ring is 1. The molecule has 1 amide bonds. The molecule has 1 fully saturated rings. The van der Waals surface area contributed by atoms with Gasteiger partial charge in [0.15, 0.2) is 0 Å². The monoisotopic (exact) mass is 428 g/mol. The zero-order chi connectivity index (χ0) is 22.5. The van der Waals surface area contributed by atoms with E-state index in [4.69, 9.17) is 11.0 Å². The second-order valence-electron chi connectivity index (χ2n) is 7.72. The zero-order valence-corrected chi connectivity index (χ0v) is 17.6. The first-order chi connectivity index (χ1) is 15.5. The normalized spacial score (nSPS) is 15.7. The first-order valence-electron chi connectivity index (χ1n) is 10.4. The molecule has 9 heteroatoms. The minimum absolute atomic E-state index is 0.0355. The van der Waals surface area contributed by atoms with Gasteiger partial charge in [-0.2, -0.15) is 10.4 Å². The number of nitrogens with two attached hydrogens (primary N) is 1. The minimum Gasteiger partial charge on any atom is -0.383 e. The summed E-state index contributed by atoms with van der Waals surface area (Å²) >= 11 is 0. The van der Waals surface area contributed by atoms with Gasteiger partial charge in [0, 0.05) is 30.9 Å². The smallest absolute Gasteiger partial charge is 0.263 e. The van der Waals surface area contributed by atoms with Crippen LogP contribution in [0, 0.1) is 11.3 Å². The molecule has 2 aromatic heterocycles. The van der Waals surface area contributed by atoms with Crippen molar-refractivity contribution >= 4 is 17.5 Å². The number of rotatable bonds is 6. The number of hydrogen-bond acceptors (Lipinski definition) is 7. The zero-order valence-electron chi connectivity index (χ0n) is 17.6. The molecule has 32 heavy (non-hydrogen) atoms. The lowest BCUT2D eigenvalue weighted by Crippen LogP contribution is -2.45. The van der Waals surface area contributed by atoms with E-state index < -0.39 is 0 Å². The Bertz CT molecular complexity index is 1160. The maximum Gasteiger partial charge on any atom is 0.263 e. The Kier molecular flexibility index (Phi) is 6.12. The van der Waals surface area contributed by atoms with Gasteiger partial charge in [-0.05, 0) is 18.4 Å². The minimum atomic E-state index is -0.330. The SMILES string of the molecule is C=C(C#N)C(=O)N1CCC[C@@H](Nc2ncnc(N)c2-c2cnn(Cc3ccccc3)c2)C1. The van der Waals surface area contributed by atoms with Gasteiger partial charge in [0.05, 0.1) is 18.3 Å². The number of aromatic nitrogens is 4. The number of amides is 1. The summed E-state index contributed by atoms with van der Waals surface area (Å²) in [7, 11) is 0. The van der Waals surface area contributed by atoms with Crippen LogP contribution in [0.1, 0.15) is 18.4 Å². The lowest BCUT2D eigenvalue weighted by Gasteiger charge is -2.33. The van der Waals surface area contributed by atoms with Crippen LogP contribution in [-0.4, -0.2) is 49.7 Å². The molecule has 0 spiro atoms. The summed E-state index contributed by atoms with van der Waals surface area (Å²) < 4.78 is 1.84. The van der Waals surface area contributed by atoms with Crippen LogP contribution < -0.4 is 11.1 Å². The summed E-state index contributed by atoms with van der Waals surface area (Å²) in [5.41, 5.74) is 8.79. The second kappa shape index (κ2) is 9.31. The van der Waals surface area contributed by atoms with E-state index in [9.17, 15) is 4.79 Å². The first-order valence-corrected chi connectivity index (χ1v) is 10.4. The molecule has 3 aromatic rings. The number of piperidine rings is 1. The van der Waals surface area contributed by atoms with Crippen molar-refractivity contribution in [2.24, 2.45) is 0 Å². The van der Waals surface area contributed by atoms with Crippen LogP contribution in [0.25, 0.3) is 11.1 Å². The highest BCUT2D eigenvalue weighted by Gasteiger charge is 2.26. The standard InChI is InChI=1S/C23H24N8O/c1-16(10-24)23(32)30-9-5-8-19(14-30)29-22-20(21(25)26-15-27-22)18-11-28-31(13-18)12-17-6-3-2-4-7-17/h2-4,6-7,11,13,15,19H,1,5,8-9,12,14H2,(H3,25,26,27,29)/t19-/m1/s1. The van der Waals surface area contributed by atoms with E-state index in [2.05, 4.69) is 27.0 Å². The molecule has 0 radical (unpaired) electrons. The largest absolute Gasteiger partial charge is 0.383 e. The highest BCUT2D eigenvalue weighted by molar-refractivity contribution is 5.96. The number of likely N-dealkylation sites (tertiary alicyclic amines) is 1. The van der Waals surface area contributed by atoms with Crippen molar-refractivity contribution in [2.75, 3.05) is 24.1 Å². The molecule has 3 heterocycles. The molecule has 0 aliphatic carbocycles. The maximum atomic E-state index is 12.3. The van der Waals surface area contributed by atoms with E-state index in [-0.39, 0.29) is 17.5 Å². The van der Waals surface area contributed by atoms with E-state index in [1.807, 2.05) is 47.3 Å². The van der Waals surface area contributed by atoms with Crippen LogP contribution in [0.4, 0.5) is 11.6 Å². The van der Waals surface area contributed by atoms with Crippen molar-refractivity contribution in [1.82, 2.24) is 24.6 Å². The number of benzene rings is 1. The van der Waals surface area contributed by atoms with Crippen molar-refractivity contribution in [2.45, 2.75) is 25.4 Å². The van der Waals surface area contributed by atoms with Crippen molar-refractivity contribution in [3.05, 3.63) is 66.8 Å². The molecular formula is C23H24N8O. The average molecular weight is 429 g/mol. The molecule has 4 rings (SSSR count). The lowest BCUT2D eigenvalue weighted by atomic mass is 10.0.